The highest BCUT2D eigenvalue weighted by Gasteiger charge is 2.57. The fourth-order valence-corrected chi connectivity index (χ4v) is 3.49. The van der Waals surface area contributed by atoms with E-state index in [-0.39, 0.29) is 0 Å². The topological polar surface area (TPSA) is 21.3 Å². The fourth-order valence-electron chi connectivity index (χ4n) is 3.49. The number of hydrogen-bond acceptors (Lipinski definition) is 2. The van der Waals surface area contributed by atoms with Gasteiger partial charge in [-0.15, -0.1) is 0 Å². The van der Waals surface area contributed by atoms with Gasteiger partial charge in [0, 0.05) is 24.0 Å². The molecule has 0 aromatic carbocycles. The summed E-state index contributed by atoms with van der Waals surface area (Å²) >= 11 is 0. The van der Waals surface area contributed by atoms with Gasteiger partial charge in [-0.3, -0.25) is 0 Å². The van der Waals surface area contributed by atoms with Gasteiger partial charge < -0.3 is 10.1 Å². The summed E-state index contributed by atoms with van der Waals surface area (Å²) in [5, 5.41) is 3.81. The predicted molar refractivity (Wildman–Crippen MR) is 72.0 cm³/mol. The minimum atomic E-state index is 0.321. The predicted octanol–water partition coefficient (Wildman–Crippen LogP) is 3.07. The Kier molecular flexibility index (Phi) is 3.84. The Hall–Kier alpha value is -0.0800. The highest BCUT2D eigenvalue weighted by molar-refractivity contribution is 5.10. The van der Waals surface area contributed by atoms with Crippen molar-refractivity contribution >= 4 is 0 Å². The Morgan fingerprint density at radius 3 is 2.65 bits per heavy atom. The Labute approximate surface area is 107 Å². The molecule has 100 valence electrons. The van der Waals surface area contributed by atoms with E-state index in [0.29, 0.717) is 17.6 Å². The van der Waals surface area contributed by atoms with Crippen molar-refractivity contribution < 1.29 is 4.74 Å². The van der Waals surface area contributed by atoms with Gasteiger partial charge in [0.05, 0.1) is 6.10 Å². The molecule has 1 aliphatic carbocycles. The first kappa shape index (κ1) is 13.4. The van der Waals surface area contributed by atoms with Crippen LogP contribution in [-0.4, -0.2) is 25.3 Å². The Balaban J connectivity index is 1.88. The number of nitrogens with one attached hydrogen (secondary N) is 1. The van der Waals surface area contributed by atoms with Crippen molar-refractivity contribution in [1.29, 1.82) is 0 Å². The summed E-state index contributed by atoms with van der Waals surface area (Å²) in [6.45, 7) is 13.8. The summed E-state index contributed by atoms with van der Waals surface area (Å²) in [6.07, 6.45) is 3.10. The lowest BCUT2D eigenvalue weighted by Gasteiger charge is -2.60. The molecular weight excluding hydrogens is 210 g/mol. The van der Waals surface area contributed by atoms with Crippen LogP contribution >= 0.6 is 0 Å². The molecule has 0 aromatic heterocycles. The third kappa shape index (κ3) is 2.39. The molecule has 2 heteroatoms. The van der Waals surface area contributed by atoms with Gasteiger partial charge in [-0.05, 0) is 31.2 Å². The molecule has 4 unspecified atom stereocenters. The molecule has 0 spiro atoms. The molecule has 2 aliphatic rings. The van der Waals surface area contributed by atoms with Gasteiger partial charge in [0.25, 0.3) is 0 Å². The molecule has 2 nitrogen and oxygen atoms in total. The number of fused-ring (bicyclic) bond motifs is 1. The summed E-state index contributed by atoms with van der Waals surface area (Å²) in [5.41, 5.74) is 0.321. The molecule has 2 fully saturated rings. The maximum Gasteiger partial charge on any atom is 0.0684 e. The van der Waals surface area contributed by atoms with E-state index in [1.54, 1.807) is 0 Å². The van der Waals surface area contributed by atoms with Crippen molar-refractivity contribution in [2.45, 2.75) is 59.6 Å². The third-order valence-corrected chi connectivity index (χ3v) is 5.13. The van der Waals surface area contributed by atoms with E-state index in [4.69, 9.17) is 4.74 Å². The smallest absolute Gasteiger partial charge is 0.0684 e. The van der Waals surface area contributed by atoms with Crippen LogP contribution in [0, 0.1) is 23.2 Å². The van der Waals surface area contributed by atoms with Crippen LogP contribution in [0.5, 0.6) is 0 Å². The zero-order valence-corrected chi connectivity index (χ0v) is 12.1. The average molecular weight is 239 g/mol. The van der Waals surface area contributed by atoms with E-state index in [1.165, 1.54) is 12.8 Å². The average Bonchev–Trinajstić information content (AvgIpc) is 2.28. The van der Waals surface area contributed by atoms with Crippen LogP contribution < -0.4 is 5.32 Å². The van der Waals surface area contributed by atoms with Gasteiger partial charge >= 0.3 is 0 Å². The zero-order valence-electron chi connectivity index (χ0n) is 12.1. The lowest BCUT2D eigenvalue weighted by Crippen LogP contribution is -2.69. The largest absolute Gasteiger partial charge is 0.377 e. The first-order valence-electron chi connectivity index (χ1n) is 7.29. The molecule has 2 rings (SSSR count). The monoisotopic (exact) mass is 239 g/mol. The fraction of sp³-hybridized carbons (Fsp3) is 1.00. The number of ether oxygens (including phenoxy) is 1. The third-order valence-electron chi connectivity index (χ3n) is 5.13. The second-order valence-corrected chi connectivity index (χ2v) is 7.03. The van der Waals surface area contributed by atoms with Crippen LogP contribution in [0.4, 0.5) is 0 Å². The summed E-state index contributed by atoms with van der Waals surface area (Å²) in [4.78, 5) is 0. The van der Waals surface area contributed by atoms with E-state index >= 15 is 0 Å². The van der Waals surface area contributed by atoms with E-state index in [0.717, 1.165) is 30.9 Å². The van der Waals surface area contributed by atoms with Gasteiger partial charge in [0.2, 0.25) is 0 Å². The second-order valence-electron chi connectivity index (χ2n) is 7.03. The van der Waals surface area contributed by atoms with Crippen molar-refractivity contribution in [1.82, 2.24) is 5.32 Å². The van der Waals surface area contributed by atoms with Crippen LogP contribution in [0.1, 0.15) is 47.5 Å². The molecule has 1 N–H and O–H groups in total. The van der Waals surface area contributed by atoms with Crippen molar-refractivity contribution in [2.75, 3.05) is 13.2 Å². The molecule has 1 aliphatic heterocycles. The molecule has 0 radical (unpaired) electrons. The van der Waals surface area contributed by atoms with Crippen LogP contribution in [0.15, 0.2) is 0 Å². The maximum atomic E-state index is 5.94. The van der Waals surface area contributed by atoms with Crippen LogP contribution in [0.25, 0.3) is 0 Å². The molecule has 0 amide bonds. The summed E-state index contributed by atoms with van der Waals surface area (Å²) in [7, 11) is 0. The highest BCUT2D eigenvalue weighted by atomic mass is 16.5. The lowest BCUT2D eigenvalue weighted by atomic mass is 9.55. The van der Waals surface area contributed by atoms with Gasteiger partial charge in [0.15, 0.2) is 0 Å². The van der Waals surface area contributed by atoms with Crippen LogP contribution in [0.3, 0.4) is 0 Å². The highest BCUT2D eigenvalue weighted by Crippen LogP contribution is 2.51. The molecule has 0 bridgehead atoms. The Morgan fingerprint density at radius 2 is 2.00 bits per heavy atom. The Morgan fingerprint density at radius 1 is 1.29 bits per heavy atom. The Bertz CT molecular complexity index is 262. The zero-order chi connectivity index (χ0) is 12.6. The minimum Gasteiger partial charge on any atom is -0.377 e. The second kappa shape index (κ2) is 4.89. The van der Waals surface area contributed by atoms with Gasteiger partial charge in [0.1, 0.15) is 0 Å². The lowest BCUT2D eigenvalue weighted by molar-refractivity contribution is -0.193. The molecule has 17 heavy (non-hydrogen) atoms. The molecule has 1 saturated carbocycles. The minimum absolute atomic E-state index is 0.321. The first-order chi connectivity index (χ1) is 7.94. The molecular formula is C15H29NO. The summed E-state index contributed by atoms with van der Waals surface area (Å²) < 4.78 is 5.94. The van der Waals surface area contributed by atoms with E-state index in [9.17, 15) is 0 Å². The number of rotatable bonds is 4. The summed E-state index contributed by atoms with van der Waals surface area (Å²) in [6, 6.07) is 0.661. The van der Waals surface area contributed by atoms with Crippen molar-refractivity contribution in [3.05, 3.63) is 0 Å². The van der Waals surface area contributed by atoms with Gasteiger partial charge in [-0.2, -0.15) is 0 Å². The first-order valence-corrected chi connectivity index (χ1v) is 7.29. The molecule has 1 heterocycles. The quantitative estimate of drug-likeness (QED) is 0.814. The van der Waals surface area contributed by atoms with Crippen molar-refractivity contribution in [2.24, 2.45) is 23.2 Å². The van der Waals surface area contributed by atoms with Gasteiger partial charge in [-0.1, -0.05) is 34.6 Å². The SMILES string of the molecule is CC(C)C(C)CNC1C2CCCOC2C1(C)C. The number of hydrogen-bond donors (Lipinski definition) is 1. The van der Waals surface area contributed by atoms with E-state index in [2.05, 4.69) is 39.9 Å². The van der Waals surface area contributed by atoms with Crippen LogP contribution in [0.2, 0.25) is 0 Å². The van der Waals surface area contributed by atoms with Crippen molar-refractivity contribution in [3.8, 4) is 0 Å². The van der Waals surface area contributed by atoms with Crippen molar-refractivity contribution in [3.63, 3.8) is 0 Å². The van der Waals surface area contributed by atoms with E-state index in [1.807, 2.05) is 0 Å². The molecule has 4 atom stereocenters. The maximum absolute atomic E-state index is 5.94. The molecule has 0 aromatic rings. The van der Waals surface area contributed by atoms with Crippen LogP contribution in [-0.2, 0) is 4.74 Å². The normalized spacial score (nSPS) is 37.4. The van der Waals surface area contributed by atoms with Gasteiger partial charge in [-0.25, -0.2) is 0 Å². The standard InChI is InChI=1S/C15H29NO/c1-10(2)11(3)9-16-13-12-7-6-8-17-14(12)15(13,4)5/h10-14,16H,6-9H2,1-5H3. The van der Waals surface area contributed by atoms with E-state index < -0.39 is 0 Å². The summed E-state index contributed by atoms with van der Waals surface area (Å²) in [5.74, 6) is 2.29. The molecule has 1 saturated heterocycles.